The summed E-state index contributed by atoms with van der Waals surface area (Å²) in [4.78, 5) is 15.7. The summed E-state index contributed by atoms with van der Waals surface area (Å²) in [6.45, 7) is 2.88. The topological polar surface area (TPSA) is 41.6 Å². The van der Waals surface area contributed by atoms with Crippen molar-refractivity contribution in [2.45, 2.75) is 23.5 Å². The fourth-order valence-electron chi connectivity index (χ4n) is 2.57. The van der Waals surface area contributed by atoms with Crippen LogP contribution in [0.3, 0.4) is 0 Å². The Kier molecular flexibility index (Phi) is 4.76. The number of hydrogen-bond donors (Lipinski definition) is 1. The van der Waals surface area contributed by atoms with Gasteiger partial charge in [0, 0.05) is 22.4 Å². The maximum absolute atomic E-state index is 12.7. The second-order valence-electron chi connectivity index (χ2n) is 5.39. The molecule has 0 aliphatic carbocycles. The lowest BCUT2D eigenvalue weighted by molar-refractivity contribution is 0.256. The minimum absolute atomic E-state index is 0.0960. The zero-order chi connectivity index (χ0) is 16.2. The van der Waals surface area contributed by atoms with Crippen molar-refractivity contribution in [2.24, 2.45) is 0 Å². The van der Waals surface area contributed by atoms with Gasteiger partial charge in [-0.15, -0.1) is 11.8 Å². The minimum Gasteiger partial charge on any atom is -0.497 e. The van der Waals surface area contributed by atoms with Crippen molar-refractivity contribution in [1.29, 1.82) is 0 Å². The Balaban J connectivity index is 1.80. The van der Waals surface area contributed by atoms with Crippen molar-refractivity contribution in [2.75, 3.05) is 23.9 Å². The molecule has 1 atom stereocenters. The smallest absolute Gasteiger partial charge is 0.326 e. The van der Waals surface area contributed by atoms with Gasteiger partial charge in [0.05, 0.1) is 12.8 Å². The third-order valence-electron chi connectivity index (χ3n) is 3.88. The van der Waals surface area contributed by atoms with Crippen molar-refractivity contribution in [3.63, 3.8) is 0 Å². The Morgan fingerprint density at radius 1 is 1.26 bits per heavy atom. The van der Waals surface area contributed by atoms with Crippen molar-refractivity contribution in [1.82, 2.24) is 0 Å². The van der Waals surface area contributed by atoms with E-state index in [1.807, 2.05) is 59.1 Å². The maximum atomic E-state index is 12.7. The van der Waals surface area contributed by atoms with E-state index in [0.717, 1.165) is 35.0 Å². The number of carbonyl (C=O) groups is 1. The molecule has 5 heteroatoms. The molecule has 0 fully saturated rings. The Hall–Kier alpha value is -2.14. The number of benzene rings is 2. The van der Waals surface area contributed by atoms with Crippen LogP contribution in [0.4, 0.5) is 16.2 Å². The molecule has 0 bridgehead atoms. The van der Waals surface area contributed by atoms with Gasteiger partial charge in [-0.1, -0.05) is 19.1 Å². The van der Waals surface area contributed by atoms with Crippen LogP contribution in [0.1, 0.15) is 13.3 Å². The van der Waals surface area contributed by atoms with E-state index in [1.54, 1.807) is 7.11 Å². The highest BCUT2D eigenvalue weighted by Gasteiger charge is 2.28. The maximum Gasteiger partial charge on any atom is 0.326 e. The number of carbonyl (C=O) groups excluding carboxylic acids is 1. The number of nitrogens with one attached hydrogen (secondary N) is 1. The first-order valence-corrected chi connectivity index (χ1v) is 8.57. The number of thioether (sulfide) groups is 1. The largest absolute Gasteiger partial charge is 0.497 e. The molecule has 3 rings (SSSR count). The Bertz CT molecular complexity index is 688. The number of para-hydroxylation sites is 1. The normalized spacial score (nSPS) is 16.6. The van der Waals surface area contributed by atoms with E-state index < -0.39 is 0 Å². The summed E-state index contributed by atoms with van der Waals surface area (Å²) in [6.07, 6.45) is 1.03. The summed E-state index contributed by atoms with van der Waals surface area (Å²) < 4.78 is 5.14. The summed E-state index contributed by atoms with van der Waals surface area (Å²) in [5.41, 5.74) is 1.74. The van der Waals surface area contributed by atoms with Gasteiger partial charge in [-0.3, -0.25) is 4.90 Å². The molecule has 23 heavy (non-hydrogen) atoms. The van der Waals surface area contributed by atoms with E-state index in [1.165, 1.54) is 0 Å². The van der Waals surface area contributed by atoms with Gasteiger partial charge in [0.2, 0.25) is 0 Å². The predicted octanol–water partition coefficient (Wildman–Crippen LogP) is 4.62. The Morgan fingerprint density at radius 2 is 2.00 bits per heavy atom. The molecule has 0 unspecified atom stereocenters. The summed E-state index contributed by atoms with van der Waals surface area (Å²) in [5.74, 6) is 0.772. The van der Waals surface area contributed by atoms with Crippen LogP contribution in [0.2, 0.25) is 0 Å². The molecule has 2 aromatic rings. The molecule has 0 aromatic heterocycles. The zero-order valence-electron chi connectivity index (χ0n) is 13.3. The van der Waals surface area contributed by atoms with Gasteiger partial charge >= 0.3 is 6.03 Å². The molecule has 4 nitrogen and oxygen atoms in total. The van der Waals surface area contributed by atoms with Gasteiger partial charge in [0.15, 0.2) is 0 Å². The molecule has 0 spiro atoms. The predicted molar refractivity (Wildman–Crippen MR) is 95.7 cm³/mol. The third-order valence-corrected chi connectivity index (χ3v) is 5.29. The van der Waals surface area contributed by atoms with Crippen LogP contribution in [-0.2, 0) is 0 Å². The lowest BCUT2D eigenvalue weighted by Gasteiger charge is -2.33. The van der Waals surface area contributed by atoms with Gasteiger partial charge in [-0.05, 0) is 42.8 Å². The molecule has 2 amide bonds. The number of urea groups is 1. The van der Waals surface area contributed by atoms with Crippen LogP contribution in [-0.4, -0.2) is 24.9 Å². The standard InChI is InChI=1S/C18H20N2O2S/c1-3-15-12-20(16-6-4-5-7-17(16)23-15)18(21)19-13-8-10-14(22-2)11-9-13/h4-11,15H,3,12H2,1-2H3,(H,19,21)/t15-/m1/s1. The molecular weight excluding hydrogens is 308 g/mol. The average Bonchev–Trinajstić information content (AvgIpc) is 2.61. The van der Waals surface area contributed by atoms with Gasteiger partial charge < -0.3 is 10.1 Å². The number of hydrogen-bond acceptors (Lipinski definition) is 3. The molecule has 1 aliphatic heterocycles. The Morgan fingerprint density at radius 3 is 2.70 bits per heavy atom. The number of fused-ring (bicyclic) bond motifs is 1. The minimum atomic E-state index is -0.0960. The van der Waals surface area contributed by atoms with Gasteiger partial charge in [0.25, 0.3) is 0 Å². The van der Waals surface area contributed by atoms with Gasteiger partial charge in [-0.2, -0.15) is 0 Å². The molecular formula is C18H20N2O2S. The van der Waals surface area contributed by atoms with E-state index in [9.17, 15) is 4.79 Å². The lowest BCUT2D eigenvalue weighted by atomic mass is 10.2. The number of ether oxygens (including phenoxy) is 1. The summed E-state index contributed by atoms with van der Waals surface area (Å²) in [7, 11) is 1.63. The van der Waals surface area contributed by atoms with Crippen LogP contribution in [0.5, 0.6) is 5.75 Å². The third kappa shape index (κ3) is 3.45. The van der Waals surface area contributed by atoms with Crippen LogP contribution in [0.25, 0.3) is 0 Å². The average molecular weight is 328 g/mol. The highest BCUT2D eigenvalue weighted by Crippen LogP contribution is 2.39. The van der Waals surface area contributed by atoms with Crippen LogP contribution >= 0.6 is 11.8 Å². The van der Waals surface area contributed by atoms with Crippen molar-refractivity contribution >= 4 is 29.2 Å². The number of methoxy groups -OCH3 is 1. The van der Waals surface area contributed by atoms with Crippen LogP contribution in [0.15, 0.2) is 53.4 Å². The highest BCUT2D eigenvalue weighted by atomic mass is 32.2. The quantitative estimate of drug-likeness (QED) is 0.894. The molecule has 0 radical (unpaired) electrons. The number of nitrogens with zero attached hydrogens (tertiary/aromatic N) is 1. The van der Waals surface area contributed by atoms with Crippen molar-refractivity contribution in [3.8, 4) is 5.75 Å². The van der Waals surface area contributed by atoms with Crippen molar-refractivity contribution < 1.29 is 9.53 Å². The van der Waals surface area contributed by atoms with Crippen LogP contribution in [0, 0.1) is 0 Å². The first kappa shape index (κ1) is 15.7. The van der Waals surface area contributed by atoms with Crippen molar-refractivity contribution in [3.05, 3.63) is 48.5 Å². The molecule has 1 aliphatic rings. The summed E-state index contributed by atoms with van der Waals surface area (Å²) >= 11 is 1.85. The second-order valence-corrected chi connectivity index (χ2v) is 6.73. The van der Waals surface area contributed by atoms with E-state index in [2.05, 4.69) is 18.3 Å². The number of rotatable bonds is 3. The van der Waals surface area contributed by atoms with E-state index in [-0.39, 0.29) is 6.03 Å². The molecule has 0 saturated carbocycles. The zero-order valence-corrected chi connectivity index (χ0v) is 14.1. The SMILES string of the molecule is CC[C@@H]1CN(C(=O)Nc2ccc(OC)cc2)c2ccccc2S1. The fourth-order valence-corrected chi connectivity index (χ4v) is 3.77. The Labute approximate surface area is 140 Å². The van der Waals surface area contributed by atoms with Gasteiger partial charge in [-0.25, -0.2) is 4.79 Å². The highest BCUT2D eigenvalue weighted by molar-refractivity contribution is 8.00. The molecule has 2 aromatic carbocycles. The molecule has 1 N–H and O–H groups in total. The first-order chi connectivity index (χ1) is 11.2. The number of anilines is 2. The summed E-state index contributed by atoms with van der Waals surface area (Å²) in [5, 5.41) is 3.39. The van der Waals surface area contributed by atoms with E-state index >= 15 is 0 Å². The monoisotopic (exact) mass is 328 g/mol. The fraction of sp³-hybridized carbons (Fsp3) is 0.278. The lowest BCUT2D eigenvalue weighted by Crippen LogP contribution is -2.41. The second kappa shape index (κ2) is 6.96. The number of amides is 2. The molecule has 120 valence electrons. The van der Waals surface area contributed by atoms with E-state index in [0.29, 0.717) is 5.25 Å². The molecule has 0 saturated heterocycles. The van der Waals surface area contributed by atoms with E-state index in [4.69, 9.17) is 4.74 Å². The first-order valence-electron chi connectivity index (χ1n) is 7.69. The van der Waals surface area contributed by atoms with Crippen LogP contribution < -0.4 is 15.0 Å². The molecule has 1 heterocycles. The van der Waals surface area contributed by atoms with Gasteiger partial charge in [0.1, 0.15) is 5.75 Å². The summed E-state index contributed by atoms with van der Waals surface area (Å²) in [6, 6.07) is 15.3.